The average molecular weight is 638 g/mol. The molecular weight excluding hydrogens is 603 g/mol. The van der Waals surface area contributed by atoms with E-state index in [1.54, 1.807) is 42.5 Å². The fourth-order valence-corrected chi connectivity index (χ4v) is 5.60. The predicted molar refractivity (Wildman–Crippen MR) is 171 cm³/mol. The number of hydrogen-bond acceptors (Lipinski definition) is 7. The van der Waals surface area contributed by atoms with E-state index in [4.69, 9.17) is 23.1 Å². The number of aromatic nitrogens is 4. The van der Waals surface area contributed by atoms with Gasteiger partial charge in [0.05, 0.1) is 0 Å². The lowest BCUT2D eigenvalue weighted by atomic mass is 9.81. The Labute approximate surface area is 265 Å². The summed E-state index contributed by atoms with van der Waals surface area (Å²) in [6.07, 6.45) is 3.50. The molecule has 1 aliphatic rings. The highest BCUT2D eigenvalue weighted by atomic mass is 35.5. The number of nitrogens with one attached hydrogen (secondary N) is 3. The van der Waals surface area contributed by atoms with Crippen LogP contribution >= 0.6 is 24.0 Å². The molecule has 1 aromatic heterocycles. The molecule has 0 bridgehead atoms. The molecule has 13 heteroatoms. The van der Waals surface area contributed by atoms with Gasteiger partial charge in [0.2, 0.25) is 23.5 Å². The molecule has 7 N–H and O–H groups in total. The number of anilines is 1. The second kappa shape index (κ2) is 14.9. The molecule has 0 spiro atoms. The monoisotopic (exact) mass is 636 g/mol. The van der Waals surface area contributed by atoms with E-state index in [-0.39, 0.29) is 36.6 Å². The van der Waals surface area contributed by atoms with E-state index in [2.05, 4.69) is 31.3 Å². The minimum atomic E-state index is -0.848. The molecule has 4 aromatic rings. The van der Waals surface area contributed by atoms with Gasteiger partial charge in [0.15, 0.2) is 0 Å². The number of nitrogens with zero attached hydrogens (tertiary/aromatic N) is 3. The molecule has 1 aliphatic carbocycles. The Kier molecular flexibility index (Phi) is 11.0. The maximum atomic E-state index is 13.6. The molecule has 3 aromatic carbocycles. The van der Waals surface area contributed by atoms with Crippen LogP contribution in [0.25, 0.3) is 22.5 Å². The molecule has 1 fully saturated rings. The van der Waals surface area contributed by atoms with Crippen LogP contribution in [-0.4, -0.2) is 50.9 Å². The quantitative estimate of drug-likeness (QED) is 0.173. The van der Waals surface area contributed by atoms with Crippen molar-refractivity contribution in [1.29, 1.82) is 0 Å². The number of carbonyl (C=O) groups is 3. The molecular formula is C31H34Cl2N8O3. The van der Waals surface area contributed by atoms with Crippen LogP contribution in [0.1, 0.15) is 41.6 Å². The number of benzene rings is 3. The van der Waals surface area contributed by atoms with Gasteiger partial charge in [-0.05, 0) is 97.0 Å². The lowest BCUT2D eigenvalue weighted by Gasteiger charge is -2.28. The Morgan fingerprint density at radius 2 is 1.73 bits per heavy atom. The summed E-state index contributed by atoms with van der Waals surface area (Å²) in [5, 5.41) is 20.3. The van der Waals surface area contributed by atoms with Crippen LogP contribution in [0.15, 0.2) is 66.7 Å². The number of halogens is 2. The first-order chi connectivity index (χ1) is 20.8. The molecule has 0 radical (unpaired) electrons. The highest BCUT2D eigenvalue weighted by Gasteiger charge is 2.29. The third-order valence-electron chi connectivity index (χ3n) is 7.87. The van der Waals surface area contributed by atoms with Crippen LogP contribution in [0, 0.1) is 11.8 Å². The number of hydrogen-bond donors (Lipinski definition) is 5. The molecule has 5 rings (SSSR count). The number of tetrazole rings is 1. The van der Waals surface area contributed by atoms with E-state index in [1.807, 2.05) is 24.3 Å². The van der Waals surface area contributed by atoms with E-state index in [0.717, 1.165) is 42.4 Å². The van der Waals surface area contributed by atoms with Gasteiger partial charge < -0.3 is 22.1 Å². The third-order valence-corrected chi connectivity index (χ3v) is 8.20. The molecule has 0 unspecified atom stereocenters. The second-order valence-electron chi connectivity index (χ2n) is 10.8. The van der Waals surface area contributed by atoms with Gasteiger partial charge >= 0.3 is 0 Å². The summed E-state index contributed by atoms with van der Waals surface area (Å²) >= 11 is 6.46. The van der Waals surface area contributed by atoms with Gasteiger partial charge in [0, 0.05) is 39.7 Å². The SMILES string of the molecule is Cl.NCC1CCC(C(=O)N[C@@H](Cc2cccc(-c3cc(C(N)=O)ccc3Cl)c2)C(=O)Nc2ccc(-c3nn[nH]n3)cc2)CC1. The zero-order valence-electron chi connectivity index (χ0n) is 23.8. The van der Waals surface area contributed by atoms with Gasteiger partial charge in [0.25, 0.3) is 0 Å². The minimum Gasteiger partial charge on any atom is -0.366 e. The van der Waals surface area contributed by atoms with Crippen molar-refractivity contribution in [3.05, 3.63) is 82.9 Å². The number of aromatic amines is 1. The summed E-state index contributed by atoms with van der Waals surface area (Å²) in [6.45, 7) is 0.619. The lowest BCUT2D eigenvalue weighted by Crippen LogP contribution is -2.48. The number of nitrogens with two attached hydrogens (primary N) is 2. The van der Waals surface area contributed by atoms with Gasteiger partial charge in [-0.3, -0.25) is 14.4 Å². The molecule has 1 saturated carbocycles. The highest BCUT2D eigenvalue weighted by molar-refractivity contribution is 6.33. The Hall–Kier alpha value is -4.32. The van der Waals surface area contributed by atoms with E-state index < -0.39 is 11.9 Å². The van der Waals surface area contributed by atoms with Gasteiger partial charge in [-0.1, -0.05) is 35.9 Å². The topological polar surface area (TPSA) is 182 Å². The van der Waals surface area contributed by atoms with E-state index in [9.17, 15) is 14.4 Å². The zero-order valence-corrected chi connectivity index (χ0v) is 25.4. The zero-order chi connectivity index (χ0) is 30.3. The largest absolute Gasteiger partial charge is 0.366 e. The van der Waals surface area contributed by atoms with E-state index in [0.29, 0.717) is 40.1 Å². The lowest BCUT2D eigenvalue weighted by molar-refractivity contribution is -0.130. The third kappa shape index (κ3) is 7.98. The van der Waals surface area contributed by atoms with Crippen LogP contribution in [0.5, 0.6) is 0 Å². The Bertz CT molecular complexity index is 1590. The fourth-order valence-electron chi connectivity index (χ4n) is 5.38. The van der Waals surface area contributed by atoms with Gasteiger partial charge in [-0.15, -0.1) is 22.6 Å². The van der Waals surface area contributed by atoms with E-state index in [1.165, 1.54) is 0 Å². The number of amides is 3. The molecule has 1 heterocycles. The second-order valence-corrected chi connectivity index (χ2v) is 11.2. The van der Waals surface area contributed by atoms with Crippen molar-refractivity contribution in [2.24, 2.45) is 23.3 Å². The summed E-state index contributed by atoms with van der Waals surface area (Å²) in [5.74, 6) is -0.352. The number of H-pyrrole nitrogens is 1. The fraction of sp³-hybridized carbons (Fsp3) is 0.290. The van der Waals surface area contributed by atoms with E-state index >= 15 is 0 Å². The van der Waals surface area contributed by atoms with Crippen LogP contribution in [0.2, 0.25) is 5.02 Å². The Morgan fingerprint density at radius 1 is 0.977 bits per heavy atom. The van der Waals surface area contributed by atoms with Gasteiger partial charge in [0.1, 0.15) is 6.04 Å². The molecule has 0 saturated heterocycles. The predicted octanol–water partition coefficient (Wildman–Crippen LogP) is 4.14. The number of primary amides is 1. The highest BCUT2D eigenvalue weighted by Crippen LogP contribution is 2.31. The summed E-state index contributed by atoms with van der Waals surface area (Å²) in [6, 6.07) is 18.5. The normalized spacial score (nSPS) is 16.8. The van der Waals surface area contributed by atoms with Gasteiger partial charge in [-0.2, -0.15) is 5.21 Å². The number of carbonyl (C=O) groups excluding carboxylic acids is 3. The van der Waals surface area contributed by atoms with Crippen LogP contribution in [-0.2, 0) is 16.0 Å². The molecule has 3 amide bonds. The molecule has 0 aliphatic heterocycles. The molecule has 1 atom stereocenters. The van der Waals surface area contributed by atoms with Crippen LogP contribution in [0.4, 0.5) is 5.69 Å². The summed E-state index contributed by atoms with van der Waals surface area (Å²) in [4.78, 5) is 38.7. The van der Waals surface area contributed by atoms with Crippen molar-refractivity contribution in [3.8, 4) is 22.5 Å². The molecule has 44 heavy (non-hydrogen) atoms. The first-order valence-corrected chi connectivity index (χ1v) is 14.5. The van der Waals surface area contributed by atoms with Crippen molar-refractivity contribution in [2.45, 2.75) is 38.1 Å². The van der Waals surface area contributed by atoms with Gasteiger partial charge in [-0.25, -0.2) is 0 Å². The van der Waals surface area contributed by atoms with Crippen molar-refractivity contribution in [1.82, 2.24) is 25.9 Å². The maximum absolute atomic E-state index is 13.6. The first-order valence-electron chi connectivity index (χ1n) is 14.1. The van der Waals surface area contributed by atoms with Crippen LogP contribution < -0.4 is 22.1 Å². The summed E-state index contributed by atoms with van der Waals surface area (Å²) < 4.78 is 0. The Balaban J connectivity index is 0.00000442. The summed E-state index contributed by atoms with van der Waals surface area (Å²) in [7, 11) is 0. The van der Waals surface area contributed by atoms with Crippen molar-refractivity contribution in [2.75, 3.05) is 11.9 Å². The van der Waals surface area contributed by atoms with Crippen molar-refractivity contribution >= 4 is 47.4 Å². The minimum absolute atomic E-state index is 0. The van der Waals surface area contributed by atoms with Crippen LogP contribution in [0.3, 0.4) is 0 Å². The first kappa shape index (κ1) is 32.6. The summed E-state index contributed by atoms with van der Waals surface area (Å²) in [5.41, 5.74) is 15.1. The number of rotatable bonds is 10. The average Bonchev–Trinajstić information content (AvgIpc) is 3.56. The van der Waals surface area contributed by atoms with Crippen molar-refractivity contribution in [3.63, 3.8) is 0 Å². The van der Waals surface area contributed by atoms with Crippen molar-refractivity contribution < 1.29 is 14.4 Å². The smallest absolute Gasteiger partial charge is 0.248 e. The molecule has 11 nitrogen and oxygen atoms in total. The Morgan fingerprint density at radius 3 is 2.39 bits per heavy atom. The maximum Gasteiger partial charge on any atom is 0.248 e. The standard InChI is InChI=1S/C31H33ClN8O3.ClH/c32-26-13-10-23(28(34)41)16-25(26)22-3-1-2-19(14-22)15-27(36-30(42)21-6-4-18(17-33)5-7-21)31(43)35-24-11-8-20(9-12-24)29-37-39-40-38-29;/h1-3,8-14,16,18,21,27H,4-7,15,17,33H2,(H2,34,41)(H,35,43)(H,36,42)(H,37,38,39,40);1H/t18?,21?,27-;/m0./s1. The molecule has 230 valence electrons.